The minimum atomic E-state index is -0.984. The lowest BCUT2D eigenvalue weighted by atomic mass is 10.2. The molecule has 106 valence electrons. The standard InChI is InChI=1S/C14H10N2O5/c17-14(18)9-3-5-10(6-4-9)20-8-12-15-13(21-16-12)11-2-1-7-19-11/h1-7H,8H2,(H,17,18). The van der Waals surface area contributed by atoms with Gasteiger partial charge in [0.1, 0.15) is 5.75 Å². The third-order valence-electron chi connectivity index (χ3n) is 2.67. The Hall–Kier alpha value is -3.09. The van der Waals surface area contributed by atoms with E-state index >= 15 is 0 Å². The minimum absolute atomic E-state index is 0.108. The van der Waals surface area contributed by atoms with Gasteiger partial charge >= 0.3 is 5.97 Å². The Balaban J connectivity index is 1.64. The zero-order chi connectivity index (χ0) is 14.7. The molecule has 0 spiro atoms. The van der Waals surface area contributed by atoms with Crippen LogP contribution in [0.25, 0.3) is 11.7 Å². The van der Waals surface area contributed by atoms with Crippen molar-refractivity contribution in [1.82, 2.24) is 10.1 Å². The van der Waals surface area contributed by atoms with E-state index < -0.39 is 5.97 Å². The maximum atomic E-state index is 10.7. The molecule has 1 N–H and O–H groups in total. The normalized spacial score (nSPS) is 10.5. The fraction of sp³-hybridized carbons (Fsp3) is 0.0714. The van der Waals surface area contributed by atoms with Crippen LogP contribution in [-0.4, -0.2) is 21.2 Å². The van der Waals surface area contributed by atoms with Gasteiger partial charge in [0, 0.05) is 0 Å². The molecule has 1 aromatic carbocycles. The molecule has 3 rings (SSSR count). The Morgan fingerprint density at radius 1 is 1.24 bits per heavy atom. The molecule has 0 radical (unpaired) electrons. The van der Waals surface area contributed by atoms with E-state index in [-0.39, 0.29) is 18.1 Å². The SMILES string of the molecule is O=C(O)c1ccc(OCc2noc(-c3ccco3)n2)cc1. The van der Waals surface area contributed by atoms with Crippen LogP contribution in [0.15, 0.2) is 51.6 Å². The summed E-state index contributed by atoms with van der Waals surface area (Å²) < 4.78 is 15.6. The van der Waals surface area contributed by atoms with Crippen molar-refractivity contribution in [2.45, 2.75) is 6.61 Å². The summed E-state index contributed by atoms with van der Waals surface area (Å²) in [4.78, 5) is 14.8. The van der Waals surface area contributed by atoms with Gasteiger partial charge in [0.2, 0.25) is 5.82 Å². The lowest BCUT2D eigenvalue weighted by Crippen LogP contribution is -1.99. The van der Waals surface area contributed by atoms with Gasteiger partial charge in [-0.15, -0.1) is 0 Å². The van der Waals surface area contributed by atoms with E-state index in [1.807, 2.05) is 0 Å². The van der Waals surface area contributed by atoms with Crippen molar-refractivity contribution < 1.29 is 23.6 Å². The molecule has 0 saturated carbocycles. The molecule has 0 saturated heterocycles. The third kappa shape index (κ3) is 2.92. The fourth-order valence-corrected chi connectivity index (χ4v) is 1.65. The second kappa shape index (κ2) is 5.49. The molecule has 21 heavy (non-hydrogen) atoms. The Morgan fingerprint density at radius 2 is 2.05 bits per heavy atom. The minimum Gasteiger partial charge on any atom is -0.485 e. The summed E-state index contributed by atoms with van der Waals surface area (Å²) in [7, 11) is 0. The zero-order valence-corrected chi connectivity index (χ0v) is 10.7. The molecule has 7 nitrogen and oxygen atoms in total. The van der Waals surface area contributed by atoms with Crippen molar-refractivity contribution in [1.29, 1.82) is 0 Å². The first-order valence-electron chi connectivity index (χ1n) is 6.05. The number of nitrogens with zero attached hydrogens (tertiary/aromatic N) is 2. The Bertz CT molecular complexity index is 731. The van der Waals surface area contributed by atoms with E-state index in [2.05, 4.69) is 10.1 Å². The van der Waals surface area contributed by atoms with Gasteiger partial charge in [0.15, 0.2) is 12.4 Å². The first-order valence-corrected chi connectivity index (χ1v) is 6.05. The van der Waals surface area contributed by atoms with Crippen molar-refractivity contribution >= 4 is 5.97 Å². The van der Waals surface area contributed by atoms with Crippen molar-refractivity contribution in [2.75, 3.05) is 0 Å². The van der Waals surface area contributed by atoms with Gasteiger partial charge in [-0.05, 0) is 36.4 Å². The number of ether oxygens (including phenoxy) is 1. The van der Waals surface area contributed by atoms with Gasteiger partial charge < -0.3 is 18.8 Å². The van der Waals surface area contributed by atoms with Crippen molar-refractivity contribution in [3.8, 4) is 17.4 Å². The van der Waals surface area contributed by atoms with Gasteiger partial charge in [0.05, 0.1) is 11.8 Å². The van der Waals surface area contributed by atoms with E-state index in [9.17, 15) is 4.79 Å². The van der Waals surface area contributed by atoms with Crippen LogP contribution in [0.2, 0.25) is 0 Å². The number of carbonyl (C=O) groups is 1. The monoisotopic (exact) mass is 286 g/mol. The molecule has 0 aliphatic heterocycles. The predicted molar refractivity (Wildman–Crippen MR) is 69.7 cm³/mol. The second-order valence-electron chi connectivity index (χ2n) is 4.11. The lowest BCUT2D eigenvalue weighted by Gasteiger charge is -2.03. The number of hydrogen-bond acceptors (Lipinski definition) is 6. The van der Waals surface area contributed by atoms with Gasteiger partial charge in [-0.25, -0.2) is 4.79 Å². The fourth-order valence-electron chi connectivity index (χ4n) is 1.65. The smallest absolute Gasteiger partial charge is 0.335 e. The quantitative estimate of drug-likeness (QED) is 0.769. The third-order valence-corrected chi connectivity index (χ3v) is 2.67. The van der Waals surface area contributed by atoms with E-state index in [0.29, 0.717) is 17.3 Å². The van der Waals surface area contributed by atoms with Crippen LogP contribution < -0.4 is 4.74 Å². The van der Waals surface area contributed by atoms with Crippen molar-refractivity contribution in [2.24, 2.45) is 0 Å². The van der Waals surface area contributed by atoms with Crippen LogP contribution in [0.3, 0.4) is 0 Å². The van der Waals surface area contributed by atoms with E-state index in [1.54, 1.807) is 24.3 Å². The van der Waals surface area contributed by atoms with Gasteiger partial charge in [-0.2, -0.15) is 4.98 Å². The number of rotatable bonds is 5. The largest absolute Gasteiger partial charge is 0.485 e. The van der Waals surface area contributed by atoms with Crippen molar-refractivity contribution in [3.05, 3.63) is 54.0 Å². The van der Waals surface area contributed by atoms with Crippen LogP contribution in [-0.2, 0) is 6.61 Å². The summed E-state index contributed by atoms with van der Waals surface area (Å²) in [5, 5.41) is 12.6. The van der Waals surface area contributed by atoms with Gasteiger partial charge in [-0.3, -0.25) is 0 Å². The molecule has 0 aliphatic rings. The summed E-state index contributed by atoms with van der Waals surface area (Å²) in [5.74, 6) is 0.662. The number of carboxylic acid groups (broad SMARTS) is 1. The van der Waals surface area contributed by atoms with E-state index in [1.165, 1.54) is 18.4 Å². The van der Waals surface area contributed by atoms with Crippen molar-refractivity contribution in [3.63, 3.8) is 0 Å². The topological polar surface area (TPSA) is 98.6 Å². The number of aromatic carboxylic acids is 1. The molecule has 3 aromatic rings. The molecule has 0 fully saturated rings. The predicted octanol–water partition coefficient (Wildman–Crippen LogP) is 2.61. The Morgan fingerprint density at radius 3 is 2.71 bits per heavy atom. The summed E-state index contributed by atoms with van der Waals surface area (Å²) in [6.07, 6.45) is 1.51. The number of furan rings is 1. The zero-order valence-electron chi connectivity index (χ0n) is 10.7. The average molecular weight is 286 g/mol. The highest BCUT2D eigenvalue weighted by Gasteiger charge is 2.11. The number of carboxylic acids is 1. The van der Waals surface area contributed by atoms with Crippen LogP contribution >= 0.6 is 0 Å². The molecule has 0 unspecified atom stereocenters. The van der Waals surface area contributed by atoms with Crippen LogP contribution in [0, 0.1) is 0 Å². The van der Waals surface area contributed by atoms with Crippen LogP contribution in [0.1, 0.15) is 16.2 Å². The molecular weight excluding hydrogens is 276 g/mol. The summed E-state index contributed by atoms with van der Waals surface area (Å²) in [6, 6.07) is 9.49. The molecule has 0 bridgehead atoms. The lowest BCUT2D eigenvalue weighted by molar-refractivity contribution is 0.0697. The second-order valence-corrected chi connectivity index (χ2v) is 4.11. The number of aromatic nitrogens is 2. The highest BCUT2D eigenvalue weighted by atomic mass is 16.5. The summed E-state index contributed by atoms with van der Waals surface area (Å²) in [5.41, 5.74) is 0.196. The van der Waals surface area contributed by atoms with E-state index in [0.717, 1.165) is 0 Å². The molecule has 0 amide bonds. The number of hydrogen-bond donors (Lipinski definition) is 1. The van der Waals surface area contributed by atoms with Crippen LogP contribution in [0.4, 0.5) is 0 Å². The summed E-state index contributed by atoms with van der Waals surface area (Å²) in [6.45, 7) is 0.108. The first kappa shape index (κ1) is 12.9. The van der Waals surface area contributed by atoms with Gasteiger partial charge in [-0.1, -0.05) is 5.16 Å². The maximum absolute atomic E-state index is 10.7. The van der Waals surface area contributed by atoms with Crippen LogP contribution in [0.5, 0.6) is 5.75 Å². The molecular formula is C14H10N2O5. The molecule has 0 aliphatic carbocycles. The highest BCUT2D eigenvalue weighted by Crippen LogP contribution is 2.18. The highest BCUT2D eigenvalue weighted by molar-refractivity contribution is 5.87. The number of benzene rings is 1. The molecule has 2 heterocycles. The van der Waals surface area contributed by atoms with E-state index in [4.69, 9.17) is 18.8 Å². The first-order chi connectivity index (χ1) is 10.2. The average Bonchev–Trinajstić information content (AvgIpc) is 3.16. The van der Waals surface area contributed by atoms with Gasteiger partial charge in [0.25, 0.3) is 5.89 Å². The Kier molecular flexibility index (Phi) is 3.38. The summed E-state index contributed by atoms with van der Waals surface area (Å²) >= 11 is 0. The Labute approximate surface area is 118 Å². The molecule has 0 atom stereocenters. The molecule has 7 heteroatoms. The maximum Gasteiger partial charge on any atom is 0.335 e. The molecule has 2 aromatic heterocycles.